The van der Waals surface area contributed by atoms with Crippen molar-refractivity contribution in [2.75, 3.05) is 16.8 Å². The van der Waals surface area contributed by atoms with Crippen molar-refractivity contribution in [3.63, 3.8) is 0 Å². The fraction of sp³-hybridized carbons (Fsp3) is 0.235. The summed E-state index contributed by atoms with van der Waals surface area (Å²) in [5, 5.41) is 3.51. The number of benzene rings is 2. The highest BCUT2D eigenvalue weighted by Gasteiger charge is 2.34. The fourth-order valence-corrected chi connectivity index (χ4v) is 2.96. The van der Waals surface area contributed by atoms with E-state index < -0.39 is 11.7 Å². The van der Waals surface area contributed by atoms with Crippen LogP contribution in [0.4, 0.5) is 15.8 Å². The van der Waals surface area contributed by atoms with E-state index >= 15 is 0 Å². The Bertz CT molecular complexity index is 725. The summed E-state index contributed by atoms with van der Waals surface area (Å²) >= 11 is 6.04. The molecule has 0 unspecified atom stereocenters. The molecule has 1 heterocycles. The molecule has 5 heteroatoms. The van der Waals surface area contributed by atoms with Gasteiger partial charge in [-0.05, 0) is 38.1 Å². The number of nitrogens with zero attached hydrogens (tertiary/aromatic N) is 1. The lowest BCUT2D eigenvalue weighted by Crippen LogP contribution is -2.51. The van der Waals surface area contributed by atoms with Gasteiger partial charge in [0.15, 0.2) is 0 Å². The Morgan fingerprint density at radius 1 is 1.23 bits per heavy atom. The van der Waals surface area contributed by atoms with Crippen LogP contribution in [0, 0.1) is 5.82 Å². The van der Waals surface area contributed by atoms with Crippen molar-refractivity contribution in [2.45, 2.75) is 19.4 Å². The van der Waals surface area contributed by atoms with Gasteiger partial charge in [-0.1, -0.05) is 29.8 Å². The lowest BCUT2D eigenvalue weighted by Gasteiger charge is -2.41. The zero-order chi connectivity index (χ0) is 15.9. The molecule has 0 spiro atoms. The Kier molecular flexibility index (Phi) is 3.57. The van der Waals surface area contributed by atoms with Gasteiger partial charge in [0.05, 0.1) is 22.0 Å². The Morgan fingerprint density at radius 2 is 1.95 bits per heavy atom. The molecule has 3 nitrogen and oxygen atoms in total. The first-order valence-corrected chi connectivity index (χ1v) is 7.40. The molecule has 1 aliphatic rings. The van der Waals surface area contributed by atoms with Crippen LogP contribution in [0.5, 0.6) is 0 Å². The number of carbonyl (C=O) groups excluding carboxylic acids is 1. The second kappa shape index (κ2) is 5.29. The smallest absolute Gasteiger partial charge is 0.262 e. The number of nitrogens with one attached hydrogen (secondary N) is 1. The maximum absolute atomic E-state index is 14.1. The van der Waals surface area contributed by atoms with Crippen molar-refractivity contribution in [2.24, 2.45) is 0 Å². The Morgan fingerprint density at radius 3 is 2.68 bits per heavy atom. The average Bonchev–Trinajstić information content (AvgIpc) is 2.45. The summed E-state index contributed by atoms with van der Waals surface area (Å²) in [5.41, 5.74) is 1.17. The fourth-order valence-electron chi connectivity index (χ4n) is 2.72. The quantitative estimate of drug-likeness (QED) is 0.848. The third kappa shape index (κ3) is 2.55. The summed E-state index contributed by atoms with van der Waals surface area (Å²) in [6.45, 7) is 4.41. The Hall–Kier alpha value is -2.07. The van der Waals surface area contributed by atoms with E-state index in [1.165, 1.54) is 18.2 Å². The van der Waals surface area contributed by atoms with Gasteiger partial charge in [0, 0.05) is 12.1 Å². The van der Waals surface area contributed by atoms with Crippen molar-refractivity contribution >= 4 is 28.9 Å². The van der Waals surface area contributed by atoms with E-state index in [2.05, 4.69) is 5.32 Å². The number of para-hydroxylation sites is 2. The highest BCUT2D eigenvalue weighted by molar-refractivity contribution is 6.34. The average molecular weight is 319 g/mol. The zero-order valence-electron chi connectivity index (χ0n) is 12.4. The van der Waals surface area contributed by atoms with Gasteiger partial charge in [-0.3, -0.25) is 4.79 Å². The third-order valence-electron chi connectivity index (χ3n) is 3.64. The summed E-state index contributed by atoms with van der Waals surface area (Å²) in [6.07, 6.45) is 0. The molecule has 1 amide bonds. The topological polar surface area (TPSA) is 32.3 Å². The van der Waals surface area contributed by atoms with E-state index in [4.69, 9.17) is 11.6 Å². The predicted octanol–water partition coefficient (Wildman–Crippen LogP) is 4.33. The largest absolute Gasteiger partial charge is 0.377 e. The minimum absolute atomic E-state index is 0.0864. The second-order valence-electron chi connectivity index (χ2n) is 6.01. The molecule has 0 fully saturated rings. The molecule has 0 aromatic heterocycles. The summed E-state index contributed by atoms with van der Waals surface area (Å²) in [6, 6.07) is 11.7. The van der Waals surface area contributed by atoms with Gasteiger partial charge in [0.1, 0.15) is 5.82 Å². The van der Waals surface area contributed by atoms with Crippen LogP contribution < -0.4 is 10.2 Å². The molecular formula is C17H16ClFN2O. The van der Waals surface area contributed by atoms with Crippen LogP contribution >= 0.6 is 11.6 Å². The van der Waals surface area contributed by atoms with Crippen molar-refractivity contribution in [1.82, 2.24) is 0 Å². The van der Waals surface area contributed by atoms with Gasteiger partial charge in [-0.15, -0.1) is 0 Å². The predicted molar refractivity (Wildman–Crippen MR) is 87.2 cm³/mol. The molecule has 114 valence electrons. The van der Waals surface area contributed by atoms with E-state index in [9.17, 15) is 9.18 Å². The number of rotatable bonds is 1. The highest BCUT2D eigenvalue weighted by Crippen LogP contribution is 2.36. The van der Waals surface area contributed by atoms with Gasteiger partial charge < -0.3 is 10.2 Å². The maximum Gasteiger partial charge on any atom is 0.262 e. The van der Waals surface area contributed by atoms with Crippen molar-refractivity contribution < 1.29 is 9.18 Å². The molecule has 0 atom stereocenters. The molecule has 1 aliphatic heterocycles. The summed E-state index contributed by atoms with van der Waals surface area (Å²) < 4.78 is 14.1. The van der Waals surface area contributed by atoms with Crippen LogP contribution in [0.25, 0.3) is 0 Å². The number of carbonyl (C=O) groups is 1. The van der Waals surface area contributed by atoms with Gasteiger partial charge in [-0.2, -0.15) is 0 Å². The molecule has 22 heavy (non-hydrogen) atoms. The number of amides is 1. The van der Waals surface area contributed by atoms with Crippen LogP contribution in [0.2, 0.25) is 5.02 Å². The standard InChI is InChI=1S/C17H16ClFN2O/c1-17(2)10-21(14-9-4-3-8-13(14)20-17)16(22)15-11(18)6-5-7-12(15)19/h3-9,20H,10H2,1-2H3. The minimum Gasteiger partial charge on any atom is -0.377 e. The molecule has 3 rings (SSSR count). The lowest BCUT2D eigenvalue weighted by molar-refractivity contribution is 0.0978. The van der Waals surface area contributed by atoms with Gasteiger partial charge in [0.2, 0.25) is 0 Å². The first-order valence-electron chi connectivity index (χ1n) is 7.02. The summed E-state index contributed by atoms with van der Waals surface area (Å²) in [5.74, 6) is -1.03. The number of fused-ring (bicyclic) bond motifs is 1. The zero-order valence-corrected chi connectivity index (χ0v) is 13.1. The van der Waals surface area contributed by atoms with Crippen LogP contribution in [-0.4, -0.2) is 18.0 Å². The van der Waals surface area contributed by atoms with Crippen molar-refractivity contribution in [3.8, 4) is 0 Å². The van der Waals surface area contributed by atoms with Gasteiger partial charge >= 0.3 is 0 Å². The van der Waals surface area contributed by atoms with Crippen LogP contribution in [0.1, 0.15) is 24.2 Å². The van der Waals surface area contributed by atoms with Gasteiger partial charge in [0.25, 0.3) is 5.91 Å². The van der Waals surface area contributed by atoms with Crippen molar-refractivity contribution in [3.05, 3.63) is 58.9 Å². The molecule has 1 N–H and O–H groups in total. The first kappa shape index (κ1) is 14.9. The monoisotopic (exact) mass is 318 g/mol. The number of anilines is 2. The highest BCUT2D eigenvalue weighted by atomic mass is 35.5. The Balaban J connectivity index is 2.10. The van der Waals surface area contributed by atoms with E-state index in [0.29, 0.717) is 6.54 Å². The minimum atomic E-state index is -0.605. The number of halogens is 2. The Labute approximate surface area is 133 Å². The van der Waals surface area contributed by atoms with E-state index in [1.807, 2.05) is 38.1 Å². The van der Waals surface area contributed by atoms with Gasteiger partial charge in [-0.25, -0.2) is 4.39 Å². The third-order valence-corrected chi connectivity index (χ3v) is 3.96. The van der Waals surface area contributed by atoms with Crippen LogP contribution in [-0.2, 0) is 0 Å². The SMILES string of the molecule is CC1(C)CN(C(=O)c2c(F)cccc2Cl)c2ccccc2N1. The molecule has 0 bridgehead atoms. The van der Waals surface area contributed by atoms with E-state index in [-0.39, 0.29) is 16.1 Å². The van der Waals surface area contributed by atoms with E-state index in [0.717, 1.165) is 11.4 Å². The normalized spacial score (nSPS) is 15.9. The van der Waals surface area contributed by atoms with E-state index in [1.54, 1.807) is 4.90 Å². The van der Waals surface area contributed by atoms with Crippen LogP contribution in [0.15, 0.2) is 42.5 Å². The first-order chi connectivity index (χ1) is 10.4. The molecule has 0 saturated carbocycles. The molecule has 0 saturated heterocycles. The lowest BCUT2D eigenvalue weighted by atomic mass is 9.98. The molecule has 0 radical (unpaired) electrons. The summed E-state index contributed by atoms with van der Waals surface area (Å²) in [4.78, 5) is 14.4. The maximum atomic E-state index is 14.1. The summed E-state index contributed by atoms with van der Waals surface area (Å²) in [7, 11) is 0. The molecule has 2 aromatic carbocycles. The van der Waals surface area contributed by atoms with Crippen molar-refractivity contribution in [1.29, 1.82) is 0 Å². The number of hydrogen-bond donors (Lipinski definition) is 1. The molecule has 2 aromatic rings. The molecule has 0 aliphatic carbocycles. The second-order valence-corrected chi connectivity index (χ2v) is 6.42. The number of hydrogen-bond acceptors (Lipinski definition) is 2. The molecular weight excluding hydrogens is 303 g/mol. The van der Waals surface area contributed by atoms with Crippen LogP contribution in [0.3, 0.4) is 0 Å².